The van der Waals surface area contributed by atoms with Crippen LogP contribution in [0.2, 0.25) is 0 Å². The fourth-order valence-electron chi connectivity index (χ4n) is 2.05. The van der Waals surface area contributed by atoms with E-state index < -0.39 is 5.54 Å². The molecule has 0 radical (unpaired) electrons. The van der Waals surface area contributed by atoms with Gasteiger partial charge < -0.3 is 10.2 Å². The van der Waals surface area contributed by atoms with Gasteiger partial charge >= 0.3 is 0 Å². The van der Waals surface area contributed by atoms with Crippen LogP contribution in [0.25, 0.3) is 0 Å². The molecule has 0 aliphatic heterocycles. The van der Waals surface area contributed by atoms with Crippen molar-refractivity contribution < 1.29 is 15.0 Å². The van der Waals surface area contributed by atoms with Crippen molar-refractivity contribution in [2.75, 3.05) is 0 Å². The van der Waals surface area contributed by atoms with Crippen LogP contribution in [0.5, 0.6) is 11.5 Å². The molecule has 0 bridgehead atoms. The van der Waals surface area contributed by atoms with Gasteiger partial charge in [0.25, 0.3) is 0 Å². The molecule has 96 valence electrons. The summed E-state index contributed by atoms with van der Waals surface area (Å²) in [7, 11) is 0. The number of phenolic OH excluding ortho intramolecular Hbond substituents is 2. The first-order valence-electron chi connectivity index (χ1n) is 5.96. The van der Waals surface area contributed by atoms with Crippen molar-refractivity contribution in [1.29, 1.82) is 0 Å². The SMILES string of the molecule is CC(C)(C)c1cc(O)c(O)c(C2(N=C=O)CC2)c1. The van der Waals surface area contributed by atoms with Gasteiger partial charge in [0, 0.05) is 5.56 Å². The second-order valence-electron chi connectivity index (χ2n) is 5.88. The number of aromatic hydroxyl groups is 2. The van der Waals surface area contributed by atoms with E-state index in [1.807, 2.05) is 26.8 Å². The predicted octanol–water partition coefficient (Wildman–Crippen LogP) is 2.72. The van der Waals surface area contributed by atoms with Gasteiger partial charge in [0.1, 0.15) is 5.54 Å². The third kappa shape index (κ3) is 2.00. The molecule has 2 N–H and O–H groups in total. The fraction of sp³-hybridized carbons (Fsp3) is 0.500. The molecule has 0 aromatic heterocycles. The average molecular weight is 247 g/mol. The largest absolute Gasteiger partial charge is 0.504 e. The molecule has 0 saturated heterocycles. The molecule has 0 atom stereocenters. The lowest BCUT2D eigenvalue weighted by Crippen LogP contribution is -2.13. The molecule has 2 rings (SSSR count). The summed E-state index contributed by atoms with van der Waals surface area (Å²) in [6, 6.07) is 3.38. The standard InChI is InChI=1S/C14H17NO3/c1-13(2,3)9-6-10(12(18)11(17)7-9)14(4-5-14)15-8-16/h6-7,17-18H,4-5H2,1-3H3. The van der Waals surface area contributed by atoms with Crippen molar-refractivity contribution in [1.82, 2.24) is 0 Å². The monoisotopic (exact) mass is 247 g/mol. The number of benzene rings is 1. The van der Waals surface area contributed by atoms with Crippen LogP contribution >= 0.6 is 0 Å². The molecule has 1 aliphatic carbocycles. The van der Waals surface area contributed by atoms with E-state index in [0.717, 1.165) is 5.56 Å². The van der Waals surface area contributed by atoms with E-state index in [9.17, 15) is 15.0 Å². The molecule has 1 aliphatic rings. The van der Waals surface area contributed by atoms with Crippen molar-refractivity contribution in [3.63, 3.8) is 0 Å². The molecule has 4 heteroatoms. The van der Waals surface area contributed by atoms with Crippen molar-refractivity contribution >= 4 is 6.08 Å². The Kier molecular flexibility index (Phi) is 2.71. The minimum Gasteiger partial charge on any atom is -0.504 e. The van der Waals surface area contributed by atoms with Crippen molar-refractivity contribution in [2.45, 2.75) is 44.6 Å². The van der Waals surface area contributed by atoms with Crippen LogP contribution in [-0.2, 0) is 15.7 Å². The Labute approximate surface area is 106 Å². The second-order valence-corrected chi connectivity index (χ2v) is 5.88. The summed E-state index contributed by atoms with van der Waals surface area (Å²) in [5, 5.41) is 19.8. The Morgan fingerprint density at radius 1 is 1.28 bits per heavy atom. The van der Waals surface area contributed by atoms with E-state index in [1.165, 1.54) is 0 Å². The highest BCUT2D eigenvalue weighted by molar-refractivity contribution is 5.55. The molecule has 18 heavy (non-hydrogen) atoms. The Bertz CT molecular complexity index is 533. The molecule has 0 amide bonds. The van der Waals surface area contributed by atoms with Crippen LogP contribution in [0, 0.1) is 0 Å². The van der Waals surface area contributed by atoms with Crippen LogP contribution in [0.4, 0.5) is 0 Å². The maximum Gasteiger partial charge on any atom is 0.235 e. The van der Waals surface area contributed by atoms with Gasteiger partial charge in [-0.15, -0.1) is 0 Å². The first-order valence-corrected chi connectivity index (χ1v) is 5.96. The Morgan fingerprint density at radius 3 is 2.33 bits per heavy atom. The number of hydrogen-bond acceptors (Lipinski definition) is 4. The van der Waals surface area contributed by atoms with Crippen LogP contribution < -0.4 is 0 Å². The summed E-state index contributed by atoms with van der Waals surface area (Å²) in [6.07, 6.45) is 2.95. The third-order valence-corrected chi connectivity index (χ3v) is 3.44. The third-order valence-electron chi connectivity index (χ3n) is 3.44. The summed E-state index contributed by atoms with van der Waals surface area (Å²) in [5.74, 6) is -0.343. The van der Waals surface area contributed by atoms with E-state index in [-0.39, 0.29) is 16.9 Å². The molecule has 1 aromatic carbocycles. The molecular weight excluding hydrogens is 230 g/mol. The van der Waals surface area contributed by atoms with E-state index in [2.05, 4.69) is 4.99 Å². The molecule has 0 spiro atoms. The van der Waals surface area contributed by atoms with Gasteiger partial charge in [-0.1, -0.05) is 20.8 Å². The highest BCUT2D eigenvalue weighted by Gasteiger charge is 2.47. The van der Waals surface area contributed by atoms with E-state index in [1.54, 1.807) is 12.1 Å². The summed E-state index contributed by atoms with van der Waals surface area (Å²) in [6.45, 7) is 6.06. The lowest BCUT2D eigenvalue weighted by atomic mass is 9.84. The lowest BCUT2D eigenvalue weighted by molar-refractivity contribution is 0.392. The lowest BCUT2D eigenvalue weighted by Gasteiger charge is -2.22. The maximum atomic E-state index is 10.5. The number of isocyanates is 1. The van der Waals surface area contributed by atoms with Gasteiger partial charge in [0.2, 0.25) is 6.08 Å². The van der Waals surface area contributed by atoms with Gasteiger partial charge in [-0.05, 0) is 36.0 Å². The van der Waals surface area contributed by atoms with Gasteiger partial charge in [-0.25, -0.2) is 4.79 Å². The summed E-state index contributed by atoms with van der Waals surface area (Å²) < 4.78 is 0. The number of aliphatic imine (C=N–C) groups is 1. The first-order chi connectivity index (χ1) is 8.30. The van der Waals surface area contributed by atoms with E-state index in [4.69, 9.17) is 0 Å². The van der Waals surface area contributed by atoms with Crippen molar-refractivity contribution in [2.24, 2.45) is 4.99 Å². The topological polar surface area (TPSA) is 69.9 Å². The number of rotatable bonds is 2. The Hall–Kier alpha value is -1.80. The molecule has 1 saturated carbocycles. The average Bonchev–Trinajstić information content (AvgIpc) is 3.01. The summed E-state index contributed by atoms with van der Waals surface area (Å²) in [5.41, 5.74) is 0.599. The molecule has 1 fully saturated rings. The van der Waals surface area contributed by atoms with Crippen LogP contribution in [0.3, 0.4) is 0 Å². The molecular formula is C14H17NO3. The minimum atomic E-state index is -0.676. The van der Waals surface area contributed by atoms with E-state index >= 15 is 0 Å². The molecule has 0 heterocycles. The highest BCUT2D eigenvalue weighted by Crippen LogP contribution is 2.54. The summed E-state index contributed by atoms with van der Waals surface area (Å²) in [4.78, 5) is 14.3. The quantitative estimate of drug-likeness (QED) is 0.479. The zero-order valence-corrected chi connectivity index (χ0v) is 10.8. The van der Waals surface area contributed by atoms with Gasteiger partial charge in [-0.2, -0.15) is 4.99 Å². The molecule has 0 unspecified atom stereocenters. The van der Waals surface area contributed by atoms with Gasteiger partial charge in [0.05, 0.1) is 0 Å². The maximum absolute atomic E-state index is 10.5. The van der Waals surface area contributed by atoms with Gasteiger partial charge in [-0.3, -0.25) is 0 Å². The predicted molar refractivity (Wildman–Crippen MR) is 67.5 cm³/mol. The normalized spacial score (nSPS) is 17.1. The second kappa shape index (κ2) is 3.85. The molecule has 4 nitrogen and oxygen atoms in total. The zero-order chi connectivity index (χ0) is 13.6. The minimum absolute atomic E-state index is 0.152. The van der Waals surface area contributed by atoms with Crippen LogP contribution in [0.1, 0.15) is 44.7 Å². The van der Waals surface area contributed by atoms with E-state index in [0.29, 0.717) is 18.4 Å². The Balaban J connectivity index is 2.61. The Morgan fingerprint density at radius 2 is 1.89 bits per heavy atom. The smallest absolute Gasteiger partial charge is 0.235 e. The fourth-order valence-corrected chi connectivity index (χ4v) is 2.05. The number of hydrogen-bond donors (Lipinski definition) is 2. The molecule has 1 aromatic rings. The van der Waals surface area contributed by atoms with Crippen LogP contribution in [0.15, 0.2) is 17.1 Å². The number of nitrogens with zero attached hydrogens (tertiary/aromatic N) is 1. The van der Waals surface area contributed by atoms with Crippen LogP contribution in [-0.4, -0.2) is 16.3 Å². The summed E-state index contributed by atoms with van der Waals surface area (Å²) >= 11 is 0. The van der Waals surface area contributed by atoms with Gasteiger partial charge in [0.15, 0.2) is 11.5 Å². The first kappa shape index (κ1) is 12.7. The highest BCUT2D eigenvalue weighted by atomic mass is 16.3. The van der Waals surface area contributed by atoms with Crippen molar-refractivity contribution in [3.05, 3.63) is 23.3 Å². The number of phenols is 2. The number of carbonyl (C=O) groups excluding carboxylic acids is 1. The zero-order valence-electron chi connectivity index (χ0n) is 10.8. The van der Waals surface area contributed by atoms with Crippen molar-refractivity contribution in [3.8, 4) is 11.5 Å².